The summed E-state index contributed by atoms with van der Waals surface area (Å²) in [7, 11) is 1.63. The monoisotopic (exact) mass is 405 g/mol. The van der Waals surface area contributed by atoms with Crippen LogP contribution in [0.5, 0.6) is 5.75 Å². The Morgan fingerprint density at radius 3 is 2.79 bits per heavy atom. The predicted octanol–water partition coefficient (Wildman–Crippen LogP) is 3.84. The smallest absolute Gasteiger partial charge is 0.234 e. The average molecular weight is 405 g/mol. The number of nitrogens with zero attached hydrogens (tertiary/aromatic N) is 4. The van der Waals surface area contributed by atoms with Crippen molar-refractivity contribution in [3.63, 3.8) is 0 Å². The lowest BCUT2D eigenvalue weighted by Gasteiger charge is -2.07. The molecule has 0 aliphatic rings. The molecule has 2 aromatic heterocycles. The molecule has 1 amide bonds. The molecule has 29 heavy (non-hydrogen) atoms. The highest BCUT2D eigenvalue weighted by Crippen LogP contribution is 2.24. The number of thioether (sulfide) groups is 1. The number of carbonyl (C=O) groups is 1. The second-order valence-corrected chi connectivity index (χ2v) is 7.30. The van der Waals surface area contributed by atoms with Crippen molar-refractivity contribution in [1.29, 1.82) is 0 Å². The average Bonchev–Trinajstić information content (AvgIpc) is 3.16. The van der Waals surface area contributed by atoms with Crippen LogP contribution >= 0.6 is 11.8 Å². The molecule has 7 nitrogen and oxygen atoms in total. The second-order valence-electron chi connectivity index (χ2n) is 6.35. The topological polar surface area (TPSA) is 81.4 Å². The van der Waals surface area contributed by atoms with E-state index in [9.17, 15) is 4.79 Å². The van der Waals surface area contributed by atoms with E-state index < -0.39 is 0 Å². The lowest BCUT2D eigenvalue weighted by molar-refractivity contribution is -0.113. The zero-order valence-electron chi connectivity index (χ0n) is 16.0. The number of para-hydroxylation sites is 1. The molecule has 146 valence electrons. The lowest BCUT2D eigenvalue weighted by Crippen LogP contribution is -2.15. The minimum Gasteiger partial charge on any atom is -0.497 e. The molecular formula is C21H19N5O2S. The van der Waals surface area contributed by atoms with Gasteiger partial charge in [-0.05, 0) is 42.8 Å². The molecule has 4 aromatic rings. The van der Waals surface area contributed by atoms with Crippen LogP contribution in [0.15, 0.2) is 65.8 Å². The molecule has 0 fully saturated rings. The maximum Gasteiger partial charge on any atom is 0.234 e. The third-order valence-electron chi connectivity index (χ3n) is 4.35. The molecule has 0 unspecified atom stereocenters. The first-order valence-electron chi connectivity index (χ1n) is 8.99. The van der Waals surface area contributed by atoms with Gasteiger partial charge in [-0.3, -0.25) is 4.79 Å². The fourth-order valence-corrected chi connectivity index (χ4v) is 3.51. The van der Waals surface area contributed by atoms with Crippen molar-refractivity contribution in [2.75, 3.05) is 18.2 Å². The largest absolute Gasteiger partial charge is 0.497 e. The standard InChI is InChI=1S/C21H19N5O2S/c1-14-6-3-4-9-17(14)22-20(27)13-29-21-24-23-19-11-10-18(25-26(19)21)15-7-5-8-16(12-15)28-2/h3-12H,13H2,1-2H3,(H,22,27). The number of anilines is 1. The number of aromatic nitrogens is 4. The van der Waals surface area contributed by atoms with Crippen LogP contribution in [0.25, 0.3) is 16.9 Å². The van der Waals surface area contributed by atoms with Gasteiger partial charge >= 0.3 is 0 Å². The number of ether oxygens (including phenoxy) is 1. The quantitative estimate of drug-likeness (QED) is 0.491. The van der Waals surface area contributed by atoms with Crippen LogP contribution in [-0.4, -0.2) is 38.6 Å². The Balaban J connectivity index is 1.52. The number of fused-ring (bicyclic) bond motifs is 1. The van der Waals surface area contributed by atoms with Crippen molar-refractivity contribution in [2.24, 2.45) is 0 Å². The molecule has 1 N–H and O–H groups in total. The first kappa shape index (κ1) is 18.9. The molecule has 0 spiro atoms. The van der Waals surface area contributed by atoms with Crippen LogP contribution < -0.4 is 10.1 Å². The first-order chi connectivity index (χ1) is 14.1. The van der Waals surface area contributed by atoms with Gasteiger partial charge in [0, 0.05) is 11.3 Å². The Labute approximate surface area is 172 Å². The molecule has 2 heterocycles. The van der Waals surface area contributed by atoms with Gasteiger partial charge in [-0.25, -0.2) is 0 Å². The Kier molecular flexibility index (Phi) is 5.44. The van der Waals surface area contributed by atoms with Gasteiger partial charge in [0.15, 0.2) is 5.65 Å². The number of methoxy groups -OCH3 is 1. The summed E-state index contributed by atoms with van der Waals surface area (Å²) in [6, 6.07) is 19.1. The Morgan fingerprint density at radius 1 is 1.10 bits per heavy atom. The Hall–Kier alpha value is -3.39. The van der Waals surface area contributed by atoms with E-state index >= 15 is 0 Å². The maximum absolute atomic E-state index is 12.3. The van der Waals surface area contributed by atoms with E-state index in [0.717, 1.165) is 28.3 Å². The van der Waals surface area contributed by atoms with Crippen molar-refractivity contribution in [3.8, 4) is 17.0 Å². The van der Waals surface area contributed by atoms with Gasteiger partial charge in [0.1, 0.15) is 5.75 Å². The molecule has 0 saturated heterocycles. The SMILES string of the molecule is COc1cccc(-c2ccc3nnc(SCC(=O)Nc4ccccc4C)n3n2)c1. The zero-order chi connectivity index (χ0) is 20.2. The maximum atomic E-state index is 12.3. The summed E-state index contributed by atoms with van der Waals surface area (Å²) in [4.78, 5) is 12.3. The molecule has 8 heteroatoms. The van der Waals surface area contributed by atoms with Crippen LogP contribution in [0, 0.1) is 6.92 Å². The van der Waals surface area contributed by atoms with Gasteiger partial charge in [0.2, 0.25) is 11.1 Å². The van der Waals surface area contributed by atoms with Gasteiger partial charge in [-0.2, -0.15) is 9.61 Å². The van der Waals surface area contributed by atoms with Crippen molar-refractivity contribution in [1.82, 2.24) is 19.8 Å². The van der Waals surface area contributed by atoms with Gasteiger partial charge in [0.25, 0.3) is 0 Å². The fraction of sp³-hybridized carbons (Fsp3) is 0.143. The highest BCUT2D eigenvalue weighted by molar-refractivity contribution is 7.99. The van der Waals surface area contributed by atoms with Crippen LogP contribution in [0.1, 0.15) is 5.56 Å². The van der Waals surface area contributed by atoms with E-state index in [1.807, 2.05) is 67.6 Å². The molecule has 2 aromatic carbocycles. The number of nitrogens with one attached hydrogen (secondary N) is 1. The summed E-state index contributed by atoms with van der Waals surface area (Å²) < 4.78 is 6.94. The summed E-state index contributed by atoms with van der Waals surface area (Å²) in [5.41, 5.74) is 4.14. The fourth-order valence-electron chi connectivity index (χ4n) is 2.83. The third kappa shape index (κ3) is 4.22. The van der Waals surface area contributed by atoms with Crippen molar-refractivity contribution in [3.05, 3.63) is 66.2 Å². The molecule has 0 bridgehead atoms. The van der Waals surface area contributed by atoms with Crippen LogP contribution in [-0.2, 0) is 4.79 Å². The summed E-state index contributed by atoms with van der Waals surface area (Å²) in [6.07, 6.45) is 0. The summed E-state index contributed by atoms with van der Waals surface area (Å²) in [5, 5.41) is 16.4. The van der Waals surface area contributed by atoms with Gasteiger partial charge in [-0.1, -0.05) is 42.1 Å². The highest BCUT2D eigenvalue weighted by Gasteiger charge is 2.12. The van der Waals surface area contributed by atoms with Crippen molar-refractivity contribution >= 4 is 29.0 Å². The number of hydrogen-bond acceptors (Lipinski definition) is 6. The van der Waals surface area contributed by atoms with Crippen LogP contribution in [0.2, 0.25) is 0 Å². The number of benzene rings is 2. The summed E-state index contributed by atoms with van der Waals surface area (Å²) >= 11 is 1.29. The number of amides is 1. The number of rotatable bonds is 6. The predicted molar refractivity (Wildman–Crippen MR) is 113 cm³/mol. The molecular weight excluding hydrogens is 386 g/mol. The molecule has 0 saturated carbocycles. The molecule has 0 aliphatic heterocycles. The molecule has 0 atom stereocenters. The number of hydrogen-bond donors (Lipinski definition) is 1. The minimum atomic E-state index is -0.106. The van der Waals surface area contributed by atoms with Crippen molar-refractivity contribution < 1.29 is 9.53 Å². The van der Waals surface area contributed by atoms with E-state index in [1.165, 1.54) is 11.8 Å². The van der Waals surface area contributed by atoms with E-state index in [1.54, 1.807) is 11.6 Å². The van der Waals surface area contributed by atoms with Crippen LogP contribution in [0.4, 0.5) is 5.69 Å². The zero-order valence-corrected chi connectivity index (χ0v) is 16.8. The number of aryl methyl sites for hydroxylation is 1. The lowest BCUT2D eigenvalue weighted by atomic mass is 10.1. The molecule has 0 aliphatic carbocycles. The first-order valence-corrected chi connectivity index (χ1v) is 9.98. The Bertz CT molecular complexity index is 1170. The van der Waals surface area contributed by atoms with Gasteiger partial charge < -0.3 is 10.1 Å². The number of carbonyl (C=O) groups excluding carboxylic acids is 1. The third-order valence-corrected chi connectivity index (χ3v) is 5.27. The molecule has 4 rings (SSSR count). The Morgan fingerprint density at radius 2 is 1.97 bits per heavy atom. The van der Waals surface area contributed by atoms with Crippen molar-refractivity contribution in [2.45, 2.75) is 12.1 Å². The second kappa shape index (κ2) is 8.32. The van der Waals surface area contributed by atoms with Crippen LogP contribution in [0.3, 0.4) is 0 Å². The minimum absolute atomic E-state index is 0.106. The van der Waals surface area contributed by atoms with E-state index in [4.69, 9.17) is 4.74 Å². The van der Waals surface area contributed by atoms with Gasteiger partial charge in [-0.15, -0.1) is 10.2 Å². The van der Waals surface area contributed by atoms with E-state index in [-0.39, 0.29) is 11.7 Å². The summed E-state index contributed by atoms with van der Waals surface area (Å²) in [5.74, 6) is 0.862. The normalized spacial score (nSPS) is 10.8. The molecule has 0 radical (unpaired) electrons. The summed E-state index contributed by atoms with van der Waals surface area (Å²) in [6.45, 7) is 1.96. The van der Waals surface area contributed by atoms with E-state index in [0.29, 0.717) is 10.8 Å². The van der Waals surface area contributed by atoms with E-state index in [2.05, 4.69) is 20.6 Å². The van der Waals surface area contributed by atoms with Gasteiger partial charge in [0.05, 0.1) is 18.6 Å². The highest BCUT2D eigenvalue weighted by atomic mass is 32.2.